The molecule has 2 aliphatic rings. The third-order valence-electron chi connectivity index (χ3n) is 6.44. The Hall–Kier alpha value is -1.69. The van der Waals surface area contributed by atoms with E-state index in [1.54, 1.807) is 0 Å². The molecule has 6 atom stereocenters. The number of hydrogen-bond acceptors (Lipinski definition) is 5. The first-order chi connectivity index (χ1) is 14.7. The number of ether oxygens (including phenoxy) is 2. The summed E-state index contributed by atoms with van der Waals surface area (Å²) >= 11 is 0. The molecular formula is C26H40O5. The minimum atomic E-state index is -0.487. The molecule has 0 heterocycles. The lowest BCUT2D eigenvalue weighted by Crippen LogP contribution is -2.17. The number of fused-ring (bicyclic) bond motifs is 1. The summed E-state index contributed by atoms with van der Waals surface area (Å²) in [5, 5.41) is 21.0. The molecule has 0 bridgehead atoms. The van der Waals surface area contributed by atoms with Crippen LogP contribution in [0.15, 0.2) is 47.6 Å². The number of allylic oxidation sites excluding steroid dienone is 3. The van der Waals surface area contributed by atoms with E-state index in [9.17, 15) is 15.0 Å². The van der Waals surface area contributed by atoms with Gasteiger partial charge in [-0.1, -0.05) is 43.4 Å². The van der Waals surface area contributed by atoms with Crippen LogP contribution in [0.25, 0.3) is 0 Å². The third kappa shape index (κ3) is 8.06. The second kappa shape index (κ2) is 12.4. The molecule has 0 aliphatic heterocycles. The predicted octanol–water partition coefficient (Wildman–Crippen LogP) is 4.37. The van der Waals surface area contributed by atoms with Crippen molar-refractivity contribution in [3.05, 3.63) is 47.6 Å². The molecule has 0 radical (unpaired) electrons. The van der Waals surface area contributed by atoms with Crippen LogP contribution in [-0.4, -0.2) is 48.7 Å². The summed E-state index contributed by atoms with van der Waals surface area (Å²) in [4.78, 5) is 11.2. The fourth-order valence-corrected chi connectivity index (χ4v) is 4.69. The Bertz CT molecular complexity index is 701. The van der Waals surface area contributed by atoms with Gasteiger partial charge in [0.2, 0.25) is 0 Å². The van der Waals surface area contributed by atoms with E-state index in [0.29, 0.717) is 18.4 Å². The van der Waals surface area contributed by atoms with Gasteiger partial charge in [0, 0.05) is 5.92 Å². The van der Waals surface area contributed by atoms with Crippen molar-refractivity contribution in [2.24, 2.45) is 23.7 Å². The van der Waals surface area contributed by atoms with Crippen LogP contribution in [-0.2, 0) is 14.3 Å². The van der Waals surface area contributed by atoms with E-state index in [-0.39, 0.29) is 24.5 Å². The first-order valence-corrected chi connectivity index (χ1v) is 11.4. The van der Waals surface area contributed by atoms with Gasteiger partial charge in [0.25, 0.3) is 0 Å². The quantitative estimate of drug-likeness (QED) is 0.354. The molecule has 2 rings (SSSR count). The van der Waals surface area contributed by atoms with Gasteiger partial charge in [-0.3, -0.25) is 0 Å². The summed E-state index contributed by atoms with van der Waals surface area (Å²) in [6.45, 7) is 10.7. The van der Waals surface area contributed by atoms with E-state index in [2.05, 4.69) is 44.2 Å². The van der Waals surface area contributed by atoms with Crippen molar-refractivity contribution in [3.8, 4) is 0 Å². The van der Waals surface area contributed by atoms with Crippen LogP contribution in [0.2, 0.25) is 0 Å². The maximum atomic E-state index is 11.2. The van der Waals surface area contributed by atoms with Crippen LogP contribution in [0.3, 0.4) is 0 Å². The van der Waals surface area contributed by atoms with Crippen molar-refractivity contribution in [2.75, 3.05) is 20.3 Å². The molecule has 1 saturated carbocycles. The van der Waals surface area contributed by atoms with E-state index >= 15 is 0 Å². The number of hydrogen-bond donors (Lipinski definition) is 2. The van der Waals surface area contributed by atoms with Gasteiger partial charge in [-0.2, -0.15) is 0 Å². The predicted molar refractivity (Wildman–Crippen MR) is 123 cm³/mol. The van der Waals surface area contributed by atoms with E-state index < -0.39 is 12.1 Å². The molecule has 0 aromatic carbocycles. The average Bonchev–Trinajstić information content (AvgIpc) is 3.23. The van der Waals surface area contributed by atoms with Gasteiger partial charge in [-0.15, -0.1) is 0 Å². The zero-order valence-electron chi connectivity index (χ0n) is 19.5. The topological polar surface area (TPSA) is 76.0 Å². The molecule has 5 heteroatoms. The van der Waals surface area contributed by atoms with Crippen molar-refractivity contribution < 1.29 is 24.5 Å². The van der Waals surface area contributed by atoms with Gasteiger partial charge in [0.1, 0.15) is 6.61 Å². The fraction of sp³-hybridized carbons (Fsp3) is 0.654. The number of carbonyl (C=O) groups is 1. The fourth-order valence-electron chi connectivity index (χ4n) is 4.69. The second-order valence-electron chi connectivity index (χ2n) is 9.44. The minimum Gasteiger partial charge on any atom is -0.467 e. The second-order valence-corrected chi connectivity index (χ2v) is 9.44. The molecule has 0 aromatic heterocycles. The molecule has 0 amide bonds. The van der Waals surface area contributed by atoms with Gasteiger partial charge in [0.05, 0.1) is 25.9 Å². The molecule has 0 spiro atoms. The zero-order chi connectivity index (χ0) is 23.0. The van der Waals surface area contributed by atoms with E-state index in [0.717, 1.165) is 43.3 Å². The number of methoxy groups -OCH3 is 1. The largest absolute Gasteiger partial charge is 0.467 e. The van der Waals surface area contributed by atoms with Gasteiger partial charge >= 0.3 is 5.97 Å². The first kappa shape index (κ1) is 25.6. The number of aliphatic hydroxyl groups excluding tert-OH is 2. The summed E-state index contributed by atoms with van der Waals surface area (Å²) in [5.74, 6) is 0.700. The van der Waals surface area contributed by atoms with Crippen LogP contribution >= 0.6 is 0 Å². The molecule has 1 fully saturated rings. The molecule has 0 aromatic rings. The molecule has 2 N–H and O–H groups in total. The van der Waals surface area contributed by atoms with Crippen molar-refractivity contribution in [3.63, 3.8) is 0 Å². The van der Waals surface area contributed by atoms with Crippen molar-refractivity contribution in [1.82, 2.24) is 0 Å². The maximum Gasteiger partial charge on any atom is 0.331 e. The normalized spacial score (nSPS) is 27.0. The van der Waals surface area contributed by atoms with Gasteiger partial charge in [-0.05, 0) is 74.9 Å². The highest BCUT2D eigenvalue weighted by Gasteiger charge is 2.43. The van der Waals surface area contributed by atoms with Crippen LogP contribution in [0.1, 0.15) is 52.9 Å². The summed E-state index contributed by atoms with van der Waals surface area (Å²) in [6.07, 6.45) is 11.9. The lowest BCUT2D eigenvalue weighted by atomic mass is 9.90. The highest BCUT2D eigenvalue weighted by Crippen LogP contribution is 2.48. The summed E-state index contributed by atoms with van der Waals surface area (Å²) < 4.78 is 9.95. The lowest BCUT2D eigenvalue weighted by Gasteiger charge is -2.17. The van der Waals surface area contributed by atoms with Crippen molar-refractivity contribution in [2.45, 2.75) is 65.1 Å². The van der Waals surface area contributed by atoms with E-state index in [1.165, 1.54) is 12.7 Å². The number of carbonyl (C=O) groups excluding carboxylic acids is 1. The minimum absolute atomic E-state index is 0.0157. The highest BCUT2D eigenvalue weighted by molar-refractivity contribution is 5.70. The first-order valence-electron chi connectivity index (χ1n) is 11.4. The SMILES string of the molecule is C=C(COCC(=O)OC)C1=C[C@H]2[C@@H](C1)C[C@@H](O)[C@@H]2/C=C/[C@@H](O)CC(C)CCC=C(C)C. The molecule has 31 heavy (non-hydrogen) atoms. The van der Waals surface area contributed by atoms with E-state index in [1.807, 2.05) is 12.2 Å². The summed E-state index contributed by atoms with van der Waals surface area (Å²) in [7, 11) is 1.34. The Morgan fingerprint density at radius 2 is 2.10 bits per heavy atom. The summed E-state index contributed by atoms with van der Waals surface area (Å²) in [6, 6.07) is 0. The Morgan fingerprint density at radius 1 is 1.35 bits per heavy atom. The van der Waals surface area contributed by atoms with E-state index in [4.69, 9.17) is 4.74 Å². The highest BCUT2D eigenvalue weighted by atomic mass is 16.6. The number of esters is 1. The average molecular weight is 433 g/mol. The smallest absolute Gasteiger partial charge is 0.331 e. The Balaban J connectivity index is 1.86. The number of aliphatic hydroxyl groups is 2. The zero-order valence-corrected chi connectivity index (χ0v) is 19.5. The molecular weight excluding hydrogens is 392 g/mol. The van der Waals surface area contributed by atoms with Gasteiger partial charge in [0.15, 0.2) is 0 Å². The van der Waals surface area contributed by atoms with Crippen molar-refractivity contribution in [1.29, 1.82) is 0 Å². The molecule has 1 unspecified atom stereocenters. The molecule has 0 saturated heterocycles. The molecule has 174 valence electrons. The van der Waals surface area contributed by atoms with Crippen LogP contribution in [0.5, 0.6) is 0 Å². The Labute approximate surface area is 187 Å². The lowest BCUT2D eigenvalue weighted by molar-refractivity contribution is -0.145. The maximum absolute atomic E-state index is 11.2. The van der Waals surface area contributed by atoms with Crippen LogP contribution < -0.4 is 0 Å². The van der Waals surface area contributed by atoms with Gasteiger partial charge in [-0.25, -0.2) is 4.79 Å². The number of rotatable bonds is 12. The Morgan fingerprint density at radius 3 is 2.77 bits per heavy atom. The monoisotopic (exact) mass is 432 g/mol. The van der Waals surface area contributed by atoms with Crippen LogP contribution in [0, 0.1) is 23.7 Å². The Kier molecular flexibility index (Phi) is 10.2. The summed E-state index contributed by atoms with van der Waals surface area (Å²) in [5.41, 5.74) is 3.36. The molecule has 2 aliphatic carbocycles. The van der Waals surface area contributed by atoms with Gasteiger partial charge < -0.3 is 19.7 Å². The standard InChI is InChI=1S/C26H40O5/c1-17(2)7-6-8-18(3)11-22(27)9-10-23-24-13-20(12-21(24)14-25(23)28)19(4)15-31-16-26(29)30-5/h7,9-10,13,18,21-25,27-28H,4,6,8,11-12,14-16H2,1-3,5H3/b10-9+/t18?,21-,22+,23+,24-,25+/m0/s1. The van der Waals surface area contributed by atoms with Crippen LogP contribution in [0.4, 0.5) is 0 Å². The molecule has 5 nitrogen and oxygen atoms in total. The third-order valence-corrected chi connectivity index (χ3v) is 6.44. The van der Waals surface area contributed by atoms with Crippen molar-refractivity contribution >= 4 is 5.97 Å².